The normalized spacial score (nSPS) is 10.8. The Morgan fingerprint density at radius 1 is 1.11 bits per heavy atom. The number of carbonyl (C=O) groups is 1. The summed E-state index contributed by atoms with van der Waals surface area (Å²) in [6.45, 7) is 0.700. The first-order chi connectivity index (χ1) is 8.07. The van der Waals surface area contributed by atoms with Crippen LogP contribution in [0.3, 0.4) is 0 Å². The molecule has 0 spiro atoms. The van der Waals surface area contributed by atoms with Crippen LogP contribution < -0.4 is 34.3 Å². The number of halogens is 4. The van der Waals surface area contributed by atoms with Gasteiger partial charge in [-0.05, 0) is 0 Å². The van der Waals surface area contributed by atoms with Gasteiger partial charge in [0.15, 0.2) is 16.5 Å². The van der Waals surface area contributed by atoms with Crippen LogP contribution in [0.5, 0.6) is 5.75 Å². The van der Waals surface area contributed by atoms with Gasteiger partial charge in [0.05, 0.1) is 0 Å². The Morgan fingerprint density at radius 2 is 1.47 bits per heavy atom. The molecule has 0 heterocycles. The summed E-state index contributed by atoms with van der Waals surface area (Å²) in [6.07, 6.45) is 0. The van der Waals surface area contributed by atoms with Crippen molar-refractivity contribution in [2.75, 3.05) is 0 Å². The van der Waals surface area contributed by atoms with E-state index in [2.05, 4.69) is 4.74 Å². The Bertz CT molecular complexity index is 607. The molecule has 5 nitrogen and oxygen atoms in total. The molecule has 0 aliphatic heterocycles. The van der Waals surface area contributed by atoms with E-state index in [1.54, 1.807) is 0 Å². The van der Waals surface area contributed by atoms with Crippen molar-refractivity contribution < 1.29 is 71.0 Å². The van der Waals surface area contributed by atoms with E-state index in [-0.39, 0.29) is 31.0 Å². The van der Waals surface area contributed by atoms with Crippen LogP contribution in [0, 0.1) is 23.3 Å². The fraction of sp³-hybridized carbons (Fsp3) is 0.125. The Labute approximate surface area is 128 Å². The Kier molecular flexibility index (Phi) is 5.96. The summed E-state index contributed by atoms with van der Waals surface area (Å²) in [6, 6.07) is 0. The van der Waals surface area contributed by atoms with E-state index >= 15 is 0 Å². The van der Waals surface area contributed by atoms with Gasteiger partial charge in [0.1, 0.15) is 0 Å². The van der Waals surface area contributed by atoms with Crippen molar-refractivity contribution >= 4 is 16.1 Å². The average Bonchev–Trinajstić information content (AvgIpc) is 2.19. The maximum atomic E-state index is 13.2. The van der Waals surface area contributed by atoms with Crippen LogP contribution in [0.1, 0.15) is 8.35 Å². The Morgan fingerprint density at radius 3 is 1.74 bits per heavy atom. The van der Waals surface area contributed by atoms with Crippen LogP contribution >= 0.6 is 0 Å². The molecule has 0 aliphatic carbocycles. The molecule has 1 N–H and O–H groups in total. The molecule has 0 atom stereocenters. The SMILES string of the molecule is CC(=O)Oc1c(F)c(F)c(S(=O)(=O)O)c(F)c1F.[H-].[Na+]. The van der Waals surface area contributed by atoms with Gasteiger partial charge in [0.25, 0.3) is 0 Å². The number of carbonyl (C=O) groups excluding carboxylic acids is 1. The number of hydrogen-bond donors (Lipinski definition) is 1. The summed E-state index contributed by atoms with van der Waals surface area (Å²) in [5.41, 5.74) is 0. The van der Waals surface area contributed by atoms with Crippen LogP contribution in [0.15, 0.2) is 4.90 Å². The molecule has 1 rings (SSSR count). The minimum absolute atomic E-state index is 0. The van der Waals surface area contributed by atoms with Crippen molar-refractivity contribution in [2.24, 2.45) is 0 Å². The molecular formula is C8H5F4NaO5S. The molecule has 0 bridgehead atoms. The second-order valence-corrected chi connectivity index (χ2v) is 4.34. The van der Waals surface area contributed by atoms with E-state index in [0.717, 1.165) is 0 Å². The molecule has 102 valence electrons. The van der Waals surface area contributed by atoms with Crippen LogP contribution in [-0.4, -0.2) is 18.9 Å². The topological polar surface area (TPSA) is 80.7 Å². The van der Waals surface area contributed by atoms with Gasteiger partial charge >= 0.3 is 45.6 Å². The minimum Gasteiger partial charge on any atom is -1.00 e. The van der Waals surface area contributed by atoms with Gasteiger partial charge in [-0.15, -0.1) is 0 Å². The molecule has 0 fully saturated rings. The molecule has 0 aliphatic rings. The van der Waals surface area contributed by atoms with Gasteiger partial charge in [-0.25, -0.2) is 8.78 Å². The second kappa shape index (κ2) is 6.18. The van der Waals surface area contributed by atoms with Crippen molar-refractivity contribution in [3.8, 4) is 5.75 Å². The molecule has 11 heteroatoms. The predicted molar refractivity (Wildman–Crippen MR) is 48.5 cm³/mol. The second-order valence-electron chi connectivity index (χ2n) is 2.98. The third kappa shape index (κ3) is 3.66. The maximum absolute atomic E-state index is 13.2. The van der Waals surface area contributed by atoms with Gasteiger partial charge < -0.3 is 6.16 Å². The van der Waals surface area contributed by atoms with Gasteiger partial charge in [0.2, 0.25) is 17.4 Å². The third-order valence-corrected chi connectivity index (χ3v) is 2.56. The van der Waals surface area contributed by atoms with E-state index < -0.39 is 50.0 Å². The van der Waals surface area contributed by atoms with E-state index in [1.807, 2.05) is 0 Å². The third-order valence-electron chi connectivity index (χ3n) is 1.69. The summed E-state index contributed by atoms with van der Waals surface area (Å²) in [5, 5.41) is 0. The van der Waals surface area contributed by atoms with Crippen LogP contribution in [0.2, 0.25) is 0 Å². The van der Waals surface area contributed by atoms with Crippen molar-refractivity contribution in [3.63, 3.8) is 0 Å². The largest absolute Gasteiger partial charge is 1.00 e. The molecular weight excluding hydrogens is 307 g/mol. The van der Waals surface area contributed by atoms with Gasteiger partial charge in [-0.1, -0.05) is 0 Å². The fourth-order valence-electron chi connectivity index (χ4n) is 1.05. The Balaban J connectivity index is 0. The van der Waals surface area contributed by atoms with Gasteiger partial charge in [0, 0.05) is 6.92 Å². The maximum Gasteiger partial charge on any atom is 1.00 e. The number of esters is 1. The van der Waals surface area contributed by atoms with E-state index in [4.69, 9.17) is 4.55 Å². The zero-order valence-electron chi connectivity index (χ0n) is 10.5. The van der Waals surface area contributed by atoms with Gasteiger partial charge in [-0.2, -0.15) is 17.2 Å². The van der Waals surface area contributed by atoms with Crippen molar-refractivity contribution in [1.82, 2.24) is 0 Å². The molecule has 0 radical (unpaired) electrons. The molecule has 1 aromatic rings. The first-order valence-electron chi connectivity index (χ1n) is 4.09. The molecule has 1 aromatic carbocycles. The van der Waals surface area contributed by atoms with Crippen LogP contribution in [0.4, 0.5) is 17.6 Å². The van der Waals surface area contributed by atoms with Gasteiger partial charge in [-0.3, -0.25) is 9.35 Å². The first-order valence-corrected chi connectivity index (χ1v) is 5.53. The zero-order chi connectivity index (χ0) is 14.2. The van der Waals surface area contributed by atoms with E-state index in [0.29, 0.717) is 6.92 Å². The summed E-state index contributed by atoms with van der Waals surface area (Å²) >= 11 is 0. The molecule has 0 aromatic heterocycles. The standard InChI is InChI=1S/C8H4F4O5S.Na.H/c1-2(13)17-7-3(9)5(11)8(18(14,15)16)6(12)4(7)10;;/h1H3,(H,14,15,16);;/q;+1;-1. The average molecular weight is 312 g/mol. The quantitative estimate of drug-likeness (QED) is 0.180. The van der Waals surface area contributed by atoms with E-state index in [1.165, 1.54) is 0 Å². The number of hydrogen-bond acceptors (Lipinski definition) is 4. The van der Waals surface area contributed by atoms with Crippen molar-refractivity contribution in [3.05, 3.63) is 23.3 Å². The first kappa shape index (κ1) is 18.3. The monoisotopic (exact) mass is 312 g/mol. The number of rotatable bonds is 2. The predicted octanol–water partition coefficient (Wildman–Crippen LogP) is -1.47. The molecule has 0 saturated carbocycles. The Hall–Kier alpha value is -0.680. The fourth-order valence-corrected chi connectivity index (χ4v) is 1.68. The molecule has 0 saturated heterocycles. The molecule has 0 amide bonds. The van der Waals surface area contributed by atoms with Crippen LogP contribution in [0.25, 0.3) is 0 Å². The smallest absolute Gasteiger partial charge is 1.00 e. The summed E-state index contributed by atoms with van der Waals surface area (Å²) in [5.74, 6) is -12.3. The number of ether oxygens (including phenoxy) is 1. The molecule has 19 heavy (non-hydrogen) atoms. The molecule has 0 unspecified atom stereocenters. The van der Waals surface area contributed by atoms with Crippen molar-refractivity contribution in [2.45, 2.75) is 11.8 Å². The zero-order valence-corrected chi connectivity index (χ0v) is 12.3. The summed E-state index contributed by atoms with van der Waals surface area (Å²) < 4.78 is 86.0. The summed E-state index contributed by atoms with van der Waals surface area (Å²) in [7, 11) is -5.52. The summed E-state index contributed by atoms with van der Waals surface area (Å²) in [4.78, 5) is 8.25. The number of benzene rings is 1. The minimum atomic E-state index is -5.52. The van der Waals surface area contributed by atoms with E-state index in [9.17, 15) is 30.8 Å². The van der Waals surface area contributed by atoms with Crippen molar-refractivity contribution in [1.29, 1.82) is 0 Å². The van der Waals surface area contributed by atoms with Crippen LogP contribution in [-0.2, 0) is 14.9 Å².